The molecule has 1 aliphatic heterocycles. The molecule has 1 aromatic carbocycles. The minimum Gasteiger partial charge on any atom is -0.346 e. The van der Waals surface area contributed by atoms with Crippen LogP contribution in [0.3, 0.4) is 0 Å². The highest BCUT2D eigenvalue weighted by Gasteiger charge is 2.00. The van der Waals surface area contributed by atoms with Crippen LogP contribution in [-0.2, 0) is 6.54 Å². The first kappa shape index (κ1) is 8.78. The molecule has 0 spiro atoms. The fourth-order valence-corrected chi connectivity index (χ4v) is 1.06. The predicted octanol–water partition coefficient (Wildman–Crippen LogP) is 2.67. The molecule has 12 heavy (non-hydrogen) atoms. The van der Waals surface area contributed by atoms with Crippen LogP contribution in [0.15, 0.2) is 29.3 Å². The summed E-state index contributed by atoms with van der Waals surface area (Å²) in [4.78, 5) is 4.08. The van der Waals surface area contributed by atoms with Gasteiger partial charge < -0.3 is 5.32 Å². The molecule has 0 radical (unpaired) electrons. The third-order valence-electron chi connectivity index (χ3n) is 1.59. The van der Waals surface area contributed by atoms with Gasteiger partial charge in [0.25, 0.3) is 0 Å². The maximum Gasteiger partial charge on any atom is 0.0872 e. The summed E-state index contributed by atoms with van der Waals surface area (Å²) in [5.74, 6) is 0. The molecule has 2 rings (SSSR count). The van der Waals surface area contributed by atoms with E-state index in [9.17, 15) is 0 Å². The molecular formula is C10H14N2. The van der Waals surface area contributed by atoms with Crippen LogP contribution in [0.5, 0.6) is 0 Å². The highest BCUT2D eigenvalue weighted by atomic mass is 15.0. The first-order chi connectivity index (χ1) is 5.97. The number of aliphatic imine (C=N–C) groups is 1. The largest absolute Gasteiger partial charge is 0.346 e. The van der Waals surface area contributed by atoms with Crippen LogP contribution >= 0.6 is 0 Å². The van der Waals surface area contributed by atoms with Gasteiger partial charge in [0.2, 0.25) is 0 Å². The van der Waals surface area contributed by atoms with Crippen molar-refractivity contribution in [3.63, 3.8) is 0 Å². The number of para-hydroxylation sites is 1. The fourth-order valence-electron chi connectivity index (χ4n) is 1.06. The highest BCUT2D eigenvalue weighted by Crippen LogP contribution is 2.17. The average molecular weight is 162 g/mol. The number of nitrogens with zero attached hydrogens (tertiary/aromatic N) is 1. The van der Waals surface area contributed by atoms with E-state index in [1.807, 2.05) is 26.0 Å². The normalized spacial score (nSPS) is 12.2. The van der Waals surface area contributed by atoms with E-state index in [-0.39, 0.29) is 0 Å². The van der Waals surface area contributed by atoms with Crippen molar-refractivity contribution in [3.8, 4) is 0 Å². The molecule has 1 N–H and O–H groups in total. The maximum atomic E-state index is 4.08. The van der Waals surface area contributed by atoms with Gasteiger partial charge in [-0.2, -0.15) is 0 Å². The van der Waals surface area contributed by atoms with E-state index in [1.165, 1.54) is 11.3 Å². The molecule has 0 bridgehead atoms. The van der Waals surface area contributed by atoms with Crippen LogP contribution in [0, 0.1) is 0 Å². The second-order valence-corrected chi connectivity index (χ2v) is 2.27. The third-order valence-corrected chi connectivity index (χ3v) is 1.59. The van der Waals surface area contributed by atoms with Gasteiger partial charge >= 0.3 is 0 Å². The topological polar surface area (TPSA) is 24.4 Å². The second-order valence-electron chi connectivity index (χ2n) is 2.27. The molecule has 0 aromatic heterocycles. The summed E-state index contributed by atoms with van der Waals surface area (Å²) in [7, 11) is 0. The van der Waals surface area contributed by atoms with E-state index in [4.69, 9.17) is 0 Å². The molecule has 0 fully saturated rings. The van der Waals surface area contributed by atoms with Gasteiger partial charge in [-0.15, -0.1) is 0 Å². The Labute approximate surface area is 73.3 Å². The lowest BCUT2D eigenvalue weighted by Gasteiger charge is -2.10. The Bertz CT molecular complexity index is 239. The molecule has 0 saturated heterocycles. The van der Waals surface area contributed by atoms with Crippen molar-refractivity contribution in [1.82, 2.24) is 0 Å². The van der Waals surface area contributed by atoms with Gasteiger partial charge in [0.15, 0.2) is 0 Å². The van der Waals surface area contributed by atoms with E-state index in [1.54, 1.807) is 6.34 Å². The minimum atomic E-state index is 0.809. The van der Waals surface area contributed by atoms with Crippen molar-refractivity contribution in [2.45, 2.75) is 20.4 Å². The lowest BCUT2D eigenvalue weighted by atomic mass is 10.1. The van der Waals surface area contributed by atoms with Crippen LogP contribution in [0.1, 0.15) is 19.4 Å². The number of anilines is 1. The molecule has 0 amide bonds. The van der Waals surface area contributed by atoms with Crippen molar-refractivity contribution in [1.29, 1.82) is 0 Å². The molecule has 0 aliphatic carbocycles. The van der Waals surface area contributed by atoms with Gasteiger partial charge in [-0.3, -0.25) is 4.99 Å². The van der Waals surface area contributed by atoms with Crippen molar-refractivity contribution < 1.29 is 0 Å². The molecule has 0 unspecified atom stereocenters. The third kappa shape index (κ3) is 1.84. The Kier molecular flexibility index (Phi) is 3.33. The van der Waals surface area contributed by atoms with Crippen LogP contribution in [-0.4, -0.2) is 6.34 Å². The Morgan fingerprint density at radius 3 is 2.75 bits per heavy atom. The van der Waals surface area contributed by atoms with Crippen LogP contribution in [0.2, 0.25) is 0 Å². The SMILES string of the molecule is C1=NCc2ccccc2N1.CC. The molecule has 1 heterocycles. The van der Waals surface area contributed by atoms with Gasteiger partial charge in [0.1, 0.15) is 0 Å². The summed E-state index contributed by atoms with van der Waals surface area (Å²) < 4.78 is 0. The number of hydrogen-bond acceptors (Lipinski definition) is 2. The summed E-state index contributed by atoms with van der Waals surface area (Å²) in [5.41, 5.74) is 2.45. The average Bonchev–Trinajstić information content (AvgIpc) is 2.21. The summed E-state index contributed by atoms with van der Waals surface area (Å²) in [5, 5.41) is 3.07. The molecule has 64 valence electrons. The first-order valence-electron chi connectivity index (χ1n) is 4.29. The number of fused-ring (bicyclic) bond motifs is 1. The molecule has 2 nitrogen and oxygen atoms in total. The van der Waals surface area contributed by atoms with Gasteiger partial charge in [-0.1, -0.05) is 32.0 Å². The first-order valence-corrected chi connectivity index (χ1v) is 4.29. The smallest absolute Gasteiger partial charge is 0.0872 e. The van der Waals surface area contributed by atoms with E-state index in [0.29, 0.717) is 0 Å². The fraction of sp³-hybridized carbons (Fsp3) is 0.300. The highest BCUT2D eigenvalue weighted by molar-refractivity contribution is 5.79. The number of hydrogen-bond donors (Lipinski definition) is 1. The zero-order valence-electron chi connectivity index (χ0n) is 7.54. The summed E-state index contributed by atoms with van der Waals surface area (Å²) >= 11 is 0. The van der Waals surface area contributed by atoms with Crippen molar-refractivity contribution in [2.24, 2.45) is 4.99 Å². The summed E-state index contributed by atoms with van der Waals surface area (Å²) in [6, 6.07) is 8.19. The van der Waals surface area contributed by atoms with Crippen LogP contribution in [0.4, 0.5) is 5.69 Å². The van der Waals surface area contributed by atoms with Gasteiger partial charge in [0.05, 0.1) is 12.9 Å². The minimum absolute atomic E-state index is 0.809. The monoisotopic (exact) mass is 162 g/mol. The van der Waals surface area contributed by atoms with Gasteiger partial charge in [0, 0.05) is 5.69 Å². The molecule has 0 saturated carbocycles. The molecule has 0 atom stereocenters. The zero-order chi connectivity index (χ0) is 8.81. The number of rotatable bonds is 0. The van der Waals surface area contributed by atoms with Gasteiger partial charge in [-0.25, -0.2) is 0 Å². The Morgan fingerprint density at radius 1 is 1.25 bits per heavy atom. The Balaban J connectivity index is 0.000000336. The Hall–Kier alpha value is -1.31. The molecule has 1 aliphatic rings. The molecule has 1 aromatic rings. The number of benzene rings is 1. The maximum absolute atomic E-state index is 4.08. The predicted molar refractivity (Wildman–Crippen MR) is 53.6 cm³/mol. The van der Waals surface area contributed by atoms with Crippen LogP contribution < -0.4 is 5.32 Å². The molecule has 2 heteroatoms. The van der Waals surface area contributed by atoms with Crippen LogP contribution in [0.25, 0.3) is 0 Å². The van der Waals surface area contributed by atoms with E-state index < -0.39 is 0 Å². The summed E-state index contributed by atoms with van der Waals surface area (Å²) in [6.07, 6.45) is 1.74. The number of nitrogens with one attached hydrogen (secondary N) is 1. The van der Waals surface area contributed by atoms with E-state index in [0.717, 1.165) is 6.54 Å². The Morgan fingerprint density at radius 2 is 2.00 bits per heavy atom. The van der Waals surface area contributed by atoms with E-state index in [2.05, 4.69) is 22.4 Å². The lowest BCUT2D eigenvalue weighted by Crippen LogP contribution is -2.03. The lowest BCUT2D eigenvalue weighted by molar-refractivity contribution is 1.06. The standard InChI is InChI=1S/C8H8N2.C2H6/c1-2-4-8-7(3-1)5-9-6-10-8;1-2/h1-4,6H,5H2,(H,9,10);1-2H3. The molecular weight excluding hydrogens is 148 g/mol. The summed E-state index contributed by atoms with van der Waals surface area (Å²) in [6.45, 7) is 4.81. The van der Waals surface area contributed by atoms with Crippen molar-refractivity contribution in [2.75, 3.05) is 5.32 Å². The second kappa shape index (κ2) is 4.54. The van der Waals surface area contributed by atoms with Crippen molar-refractivity contribution >= 4 is 12.0 Å². The zero-order valence-corrected chi connectivity index (χ0v) is 7.54. The quantitative estimate of drug-likeness (QED) is 0.623. The van der Waals surface area contributed by atoms with Crippen molar-refractivity contribution in [3.05, 3.63) is 29.8 Å². The van der Waals surface area contributed by atoms with Gasteiger partial charge in [-0.05, 0) is 11.6 Å². The van der Waals surface area contributed by atoms with E-state index >= 15 is 0 Å².